The zero-order valence-corrected chi connectivity index (χ0v) is 11.1. The summed E-state index contributed by atoms with van der Waals surface area (Å²) >= 11 is 0. The first-order valence-electron chi connectivity index (χ1n) is 6.03. The summed E-state index contributed by atoms with van der Waals surface area (Å²) in [6, 6.07) is 1.42. The fraction of sp³-hybridized carbons (Fsp3) is 0.692. The lowest BCUT2D eigenvalue weighted by Gasteiger charge is -2.30. The largest absolute Gasteiger partial charge is 0.444 e. The second-order valence-corrected chi connectivity index (χ2v) is 5.47. The van der Waals surface area contributed by atoms with Crippen LogP contribution in [0.2, 0.25) is 0 Å². The Labute approximate surface area is 108 Å². The zero-order valence-electron chi connectivity index (χ0n) is 11.1. The summed E-state index contributed by atoms with van der Waals surface area (Å²) in [6.07, 6.45) is -0.0133. The third-order valence-corrected chi connectivity index (χ3v) is 2.79. The second kappa shape index (κ2) is 5.40. The molecule has 0 aromatic carbocycles. The summed E-state index contributed by atoms with van der Waals surface area (Å²) in [7, 11) is 0. The number of hydrogen-bond donors (Lipinski definition) is 1. The maximum absolute atomic E-state index is 12.0. The van der Waals surface area contributed by atoms with Crippen LogP contribution in [0.4, 0.5) is 4.79 Å². The minimum atomic E-state index is -1.01. The summed E-state index contributed by atoms with van der Waals surface area (Å²) in [5, 5.41) is 18.7. The van der Waals surface area contributed by atoms with Crippen molar-refractivity contribution in [1.82, 2.24) is 4.90 Å². The molecule has 1 aliphatic rings. The van der Waals surface area contributed by atoms with E-state index in [0.29, 0.717) is 13.0 Å². The molecule has 2 atom stereocenters. The van der Waals surface area contributed by atoms with Gasteiger partial charge in [-0.3, -0.25) is 0 Å². The Kier molecular flexibility index (Phi) is 4.36. The van der Waals surface area contributed by atoms with E-state index in [1.807, 2.05) is 6.07 Å². The van der Waals surface area contributed by atoms with E-state index >= 15 is 0 Å². The highest BCUT2D eigenvalue weighted by atomic mass is 16.6. The molecule has 1 rings (SSSR count). The Hall–Kier alpha value is -1.54. The van der Waals surface area contributed by atoms with Crippen molar-refractivity contribution in [1.29, 1.82) is 5.26 Å². The molecule has 1 heterocycles. The molecule has 0 bridgehead atoms. The first kappa shape index (κ1) is 14.5. The van der Waals surface area contributed by atoms with Crippen LogP contribution in [-0.2, 0) is 4.74 Å². The number of hydrogen-bond acceptors (Lipinski definition) is 4. The Morgan fingerprint density at radius 2 is 2.22 bits per heavy atom. The highest BCUT2D eigenvalue weighted by Crippen LogP contribution is 2.25. The zero-order chi connectivity index (χ0) is 13.9. The van der Waals surface area contributed by atoms with Crippen LogP contribution < -0.4 is 0 Å². The van der Waals surface area contributed by atoms with Crippen molar-refractivity contribution in [2.24, 2.45) is 0 Å². The first-order chi connectivity index (χ1) is 8.26. The van der Waals surface area contributed by atoms with Gasteiger partial charge in [0, 0.05) is 6.54 Å². The summed E-state index contributed by atoms with van der Waals surface area (Å²) in [6.45, 7) is 9.41. The number of likely N-dealkylation sites (tertiary alicyclic amines) is 1. The number of amides is 1. The molecular formula is C13H20N2O3. The standard InChI is InChI=1S/C13H20N2O3/c1-9(8-14)11(16)10-6-5-7-15(10)12(17)18-13(2,3)4/h10-11,16H,1,5-7H2,2-4H3/t10-,11?/m0/s1. The predicted octanol–water partition coefficient (Wildman–Crippen LogP) is 1.83. The molecule has 0 aromatic heterocycles. The molecule has 1 unspecified atom stereocenters. The van der Waals surface area contributed by atoms with E-state index in [1.165, 1.54) is 4.90 Å². The number of aliphatic hydroxyl groups excluding tert-OH is 1. The van der Waals surface area contributed by atoms with E-state index in [1.54, 1.807) is 20.8 Å². The predicted molar refractivity (Wildman–Crippen MR) is 66.7 cm³/mol. The van der Waals surface area contributed by atoms with Crippen molar-refractivity contribution >= 4 is 6.09 Å². The highest BCUT2D eigenvalue weighted by molar-refractivity contribution is 5.69. The fourth-order valence-electron chi connectivity index (χ4n) is 1.97. The SMILES string of the molecule is C=C(C#N)C(O)[C@@H]1CCCN1C(=O)OC(C)(C)C. The van der Waals surface area contributed by atoms with Crippen molar-refractivity contribution in [3.63, 3.8) is 0 Å². The number of carbonyl (C=O) groups excluding carboxylic acids is 1. The number of carbonyl (C=O) groups is 1. The van der Waals surface area contributed by atoms with Gasteiger partial charge in [0.1, 0.15) is 11.7 Å². The van der Waals surface area contributed by atoms with Crippen molar-refractivity contribution in [3.05, 3.63) is 12.2 Å². The van der Waals surface area contributed by atoms with Gasteiger partial charge in [-0.2, -0.15) is 5.26 Å². The molecule has 0 aromatic rings. The summed E-state index contributed by atoms with van der Waals surface area (Å²) in [4.78, 5) is 13.5. The van der Waals surface area contributed by atoms with Gasteiger partial charge < -0.3 is 14.7 Å². The van der Waals surface area contributed by atoms with Crippen LogP contribution in [0.25, 0.3) is 0 Å². The smallest absolute Gasteiger partial charge is 0.410 e. The van der Waals surface area contributed by atoms with Crippen molar-refractivity contribution in [2.45, 2.75) is 51.4 Å². The molecule has 0 spiro atoms. The van der Waals surface area contributed by atoms with Crippen LogP contribution in [0.15, 0.2) is 12.2 Å². The van der Waals surface area contributed by atoms with Crippen LogP contribution in [0, 0.1) is 11.3 Å². The summed E-state index contributed by atoms with van der Waals surface area (Å²) in [5.41, 5.74) is -0.489. The highest BCUT2D eigenvalue weighted by Gasteiger charge is 2.37. The number of nitriles is 1. The maximum atomic E-state index is 12.0. The van der Waals surface area contributed by atoms with E-state index in [4.69, 9.17) is 10.00 Å². The Balaban J connectivity index is 2.74. The van der Waals surface area contributed by atoms with Gasteiger partial charge in [0.05, 0.1) is 17.7 Å². The molecule has 0 radical (unpaired) electrons. The van der Waals surface area contributed by atoms with Crippen molar-refractivity contribution in [2.75, 3.05) is 6.54 Å². The van der Waals surface area contributed by atoms with Gasteiger partial charge in [0.15, 0.2) is 0 Å². The fourth-order valence-corrected chi connectivity index (χ4v) is 1.97. The minimum absolute atomic E-state index is 0.0791. The van der Waals surface area contributed by atoms with Gasteiger partial charge in [-0.1, -0.05) is 6.58 Å². The molecule has 1 aliphatic heterocycles. The van der Waals surface area contributed by atoms with Crippen LogP contribution in [0.1, 0.15) is 33.6 Å². The molecule has 5 nitrogen and oxygen atoms in total. The molecular weight excluding hydrogens is 232 g/mol. The third-order valence-electron chi connectivity index (χ3n) is 2.79. The molecule has 1 N–H and O–H groups in total. The van der Waals surface area contributed by atoms with Gasteiger partial charge in [-0.05, 0) is 33.6 Å². The topological polar surface area (TPSA) is 73.6 Å². The Bertz CT molecular complexity index is 379. The van der Waals surface area contributed by atoms with E-state index < -0.39 is 23.8 Å². The quantitative estimate of drug-likeness (QED) is 0.761. The number of aliphatic hydroxyl groups is 1. The third kappa shape index (κ3) is 3.47. The number of ether oxygens (including phenoxy) is 1. The second-order valence-electron chi connectivity index (χ2n) is 5.47. The molecule has 18 heavy (non-hydrogen) atoms. The number of rotatable bonds is 2. The summed E-state index contributed by atoms with van der Waals surface area (Å²) < 4.78 is 5.28. The lowest BCUT2D eigenvalue weighted by atomic mass is 10.0. The van der Waals surface area contributed by atoms with Gasteiger partial charge in [0.2, 0.25) is 0 Å². The van der Waals surface area contributed by atoms with Crippen molar-refractivity contribution < 1.29 is 14.6 Å². The van der Waals surface area contributed by atoms with Gasteiger partial charge in [-0.25, -0.2) is 4.79 Å². The van der Waals surface area contributed by atoms with E-state index in [-0.39, 0.29) is 5.57 Å². The Morgan fingerprint density at radius 3 is 2.72 bits per heavy atom. The molecule has 0 saturated carbocycles. The van der Waals surface area contributed by atoms with Crippen LogP contribution >= 0.6 is 0 Å². The summed E-state index contributed by atoms with van der Waals surface area (Å²) in [5.74, 6) is 0. The van der Waals surface area contributed by atoms with E-state index in [9.17, 15) is 9.90 Å². The van der Waals surface area contributed by atoms with Crippen LogP contribution in [0.3, 0.4) is 0 Å². The van der Waals surface area contributed by atoms with Gasteiger partial charge in [0.25, 0.3) is 0 Å². The number of nitrogens with zero attached hydrogens (tertiary/aromatic N) is 2. The molecule has 1 amide bonds. The molecule has 5 heteroatoms. The van der Waals surface area contributed by atoms with Crippen molar-refractivity contribution in [3.8, 4) is 6.07 Å². The minimum Gasteiger partial charge on any atom is -0.444 e. The lowest BCUT2D eigenvalue weighted by Crippen LogP contribution is -2.45. The van der Waals surface area contributed by atoms with Crippen LogP contribution in [0.5, 0.6) is 0 Å². The molecule has 100 valence electrons. The van der Waals surface area contributed by atoms with E-state index in [0.717, 1.165) is 6.42 Å². The average molecular weight is 252 g/mol. The van der Waals surface area contributed by atoms with Crippen LogP contribution in [-0.4, -0.2) is 40.4 Å². The van der Waals surface area contributed by atoms with Gasteiger partial charge >= 0.3 is 6.09 Å². The lowest BCUT2D eigenvalue weighted by molar-refractivity contribution is 0.0107. The Morgan fingerprint density at radius 1 is 1.61 bits per heavy atom. The van der Waals surface area contributed by atoms with Gasteiger partial charge in [-0.15, -0.1) is 0 Å². The maximum Gasteiger partial charge on any atom is 0.410 e. The first-order valence-corrected chi connectivity index (χ1v) is 6.03. The monoisotopic (exact) mass is 252 g/mol. The normalized spacial score (nSPS) is 21.3. The molecule has 0 aliphatic carbocycles. The van der Waals surface area contributed by atoms with E-state index in [2.05, 4.69) is 6.58 Å². The molecule has 1 fully saturated rings. The average Bonchev–Trinajstić information content (AvgIpc) is 2.73. The molecule has 1 saturated heterocycles.